The van der Waals surface area contributed by atoms with E-state index >= 15 is 0 Å². The fraction of sp³-hybridized carbons (Fsp3) is 0.417. The van der Waals surface area contributed by atoms with Crippen LogP contribution < -0.4 is 5.73 Å². The number of hydrogen-bond donors (Lipinski definition) is 1. The third-order valence-corrected chi connectivity index (χ3v) is 5.19. The molecule has 0 fully saturated rings. The number of nitrogens with two attached hydrogens (primary N) is 1. The largest absolute Gasteiger partial charge is 0.443 e. The van der Waals surface area contributed by atoms with Crippen LogP contribution in [0.25, 0.3) is 5.65 Å². The zero-order valence-corrected chi connectivity index (χ0v) is 19.5. The molecule has 176 valence electrons. The Kier molecular flexibility index (Phi) is 7.78. The molecule has 0 aliphatic rings. The van der Waals surface area contributed by atoms with Gasteiger partial charge in [-0.15, -0.1) is 10.2 Å². The number of rotatable bonds is 10. The van der Waals surface area contributed by atoms with Gasteiger partial charge in [0.15, 0.2) is 11.4 Å². The highest BCUT2D eigenvalue weighted by molar-refractivity contribution is 5.87. The number of Topliss-reactive ketones (excluding diaryl/α,β-unsaturated/α-hetero) is 1. The van der Waals surface area contributed by atoms with Crippen molar-refractivity contribution >= 4 is 17.5 Å². The standard InChI is InChI=1S/C24H31N5O4/c1-24(2,25)20(30)13-18(15-32-14-17-9-6-5-7-10-17)22-27-26-21-12-8-11-19(29(21)22)16-33-23(31)28(3)4/h5-12,18H,13-16,25H2,1-4H3. The summed E-state index contributed by atoms with van der Waals surface area (Å²) in [4.78, 5) is 26.1. The first kappa shape index (κ1) is 24.3. The van der Waals surface area contributed by atoms with Crippen molar-refractivity contribution in [3.05, 3.63) is 65.6 Å². The lowest BCUT2D eigenvalue weighted by Gasteiger charge is -2.22. The van der Waals surface area contributed by atoms with Gasteiger partial charge >= 0.3 is 6.09 Å². The predicted octanol–water partition coefficient (Wildman–Crippen LogP) is 2.92. The van der Waals surface area contributed by atoms with Crippen LogP contribution in [-0.4, -0.2) is 57.6 Å². The Morgan fingerprint density at radius 1 is 1.06 bits per heavy atom. The molecule has 2 aromatic heterocycles. The molecule has 9 heteroatoms. The third kappa shape index (κ3) is 6.36. The summed E-state index contributed by atoms with van der Waals surface area (Å²) in [6.07, 6.45) is -0.310. The molecule has 1 atom stereocenters. The van der Waals surface area contributed by atoms with Crippen molar-refractivity contribution in [2.45, 2.75) is 44.9 Å². The van der Waals surface area contributed by atoms with E-state index in [4.69, 9.17) is 15.2 Å². The second kappa shape index (κ2) is 10.5. The quantitative estimate of drug-likeness (QED) is 0.502. The molecule has 0 aliphatic carbocycles. The highest BCUT2D eigenvalue weighted by Gasteiger charge is 2.29. The van der Waals surface area contributed by atoms with E-state index in [0.29, 0.717) is 23.8 Å². The Morgan fingerprint density at radius 2 is 1.79 bits per heavy atom. The monoisotopic (exact) mass is 453 g/mol. The van der Waals surface area contributed by atoms with Gasteiger partial charge in [0.2, 0.25) is 0 Å². The summed E-state index contributed by atoms with van der Waals surface area (Å²) in [5, 5.41) is 8.63. The second-order valence-corrected chi connectivity index (χ2v) is 8.76. The molecule has 33 heavy (non-hydrogen) atoms. The number of aromatic nitrogens is 3. The van der Waals surface area contributed by atoms with E-state index in [1.807, 2.05) is 52.9 Å². The van der Waals surface area contributed by atoms with Crippen LogP contribution >= 0.6 is 0 Å². The molecule has 1 unspecified atom stereocenters. The van der Waals surface area contributed by atoms with Gasteiger partial charge in [-0.2, -0.15) is 0 Å². The van der Waals surface area contributed by atoms with Crippen LogP contribution in [0.4, 0.5) is 4.79 Å². The van der Waals surface area contributed by atoms with Gasteiger partial charge < -0.3 is 20.1 Å². The van der Waals surface area contributed by atoms with E-state index in [2.05, 4.69) is 10.2 Å². The first-order valence-corrected chi connectivity index (χ1v) is 10.8. The van der Waals surface area contributed by atoms with Crippen molar-refractivity contribution in [2.24, 2.45) is 5.73 Å². The number of fused-ring (bicyclic) bond motifs is 1. The zero-order chi connectivity index (χ0) is 24.0. The SMILES string of the molecule is CN(C)C(=O)OCc1cccc2nnc(C(COCc3ccccc3)CC(=O)C(C)(C)N)n12. The second-order valence-electron chi connectivity index (χ2n) is 8.76. The Labute approximate surface area is 193 Å². The smallest absolute Gasteiger partial charge is 0.409 e. The minimum absolute atomic E-state index is 0.0350. The summed E-state index contributed by atoms with van der Waals surface area (Å²) in [7, 11) is 3.24. The zero-order valence-electron chi connectivity index (χ0n) is 19.5. The maximum Gasteiger partial charge on any atom is 0.409 e. The van der Waals surface area contributed by atoms with Gasteiger partial charge in [-0.25, -0.2) is 4.79 Å². The normalized spacial score (nSPS) is 12.5. The van der Waals surface area contributed by atoms with E-state index < -0.39 is 11.6 Å². The van der Waals surface area contributed by atoms with Crippen LogP contribution in [0.15, 0.2) is 48.5 Å². The van der Waals surface area contributed by atoms with Gasteiger partial charge in [-0.3, -0.25) is 9.20 Å². The molecule has 3 aromatic rings. The number of ketones is 1. The molecule has 0 spiro atoms. The van der Waals surface area contributed by atoms with Crippen molar-refractivity contribution < 1.29 is 19.1 Å². The summed E-state index contributed by atoms with van der Waals surface area (Å²) in [6, 6.07) is 15.3. The molecule has 1 aromatic carbocycles. The topological polar surface area (TPSA) is 112 Å². The lowest BCUT2D eigenvalue weighted by molar-refractivity contribution is -0.123. The number of pyridine rings is 1. The first-order chi connectivity index (χ1) is 15.7. The Balaban J connectivity index is 1.88. The van der Waals surface area contributed by atoms with Crippen LogP contribution in [0.2, 0.25) is 0 Å². The molecule has 0 saturated heterocycles. The Bertz CT molecular complexity index is 1090. The average molecular weight is 454 g/mol. The number of nitrogens with zero attached hydrogens (tertiary/aromatic N) is 4. The average Bonchev–Trinajstić information content (AvgIpc) is 3.21. The number of carbonyl (C=O) groups is 2. The van der Waals surface area contributed by atoms with Crippen molar-refractivity contribution in [2.75, 3.05) is 20.7 Å². The summed E-state index contributed by atoms with van der Waals surface area (Å²) < 4.78 is 13.2. The summed E-state index contributed by atoms with van der Waals surface area (Å²) in [6.45, 7) is 4.06. The van der Waals surface area contributed by atoms with E-state index in [1.165, 1.54) is 4.90 Å². The van der Waals surface area contributed by atoms with Gasteiger partial charge in [0, 0.05) is 26.4 Å². The van der Waals surface area contributed by atoms with Crippen LogP contribution in [0, 0.1) is 0 Å². The number of hydrogen-bond acceptors (Lipinski definition) is 7. The lowest BCUT2D eigenvalue weighted by Crippen LogP contribution is -2.42. The first-order valence-electron chi connectivity index (χ1n) is 10.8. The summed E-state index contributed by atoms with van der Waals surface area (Å²) >= 11 is 0. The van der Waals surface area contributed by atoms with Gasteiger partial charge in [-0.1, -0.05) is 36.4 Å². The van der Waals surface area contributed by atoms with Gasteiger partial charge in [0.05, 0.1) is 24.4 Å². The molecule has 0 radical (unpaired) electrons. The summed E-state index contributed by atoms with van der Waals surface area (Å²) in [5.74, 6) is 0.0704. The molecule has 9 nitrogen and oxygen atoms in total. The van der Waals surface area contributed by atoms with Crippen LogP contribution in [0.3, 0.4) is 0 Å². The third-order valence-electron chi connectivity index (χ3n) is 5.19. The predicted molar refractivity (Wildman–Crippen MR) is 124 cm³/mol. The molecule has 1 amide bonds. The maximum absolute atomic E-state index is 12.8. The van der Waals surface area contributed by atoms with E-state index in [9.17, 15) is 9.59 Å². The van der Waals surface area contributed by atoms with Gasteiger partial charge in [0.1, 0.15) is 12.4 Å². The highest BCUT2D eigenvalue weighted by Crippen LogP contribution is 2.24. The van der Waals surface area contributed by atoms with Crippen molar-refractivity contribution in [3.8, 4) is 0 Å². The number of ether oxygens (including phenoxy) is 2. The molecule has 0 saturated carbocycles. The van der Waals surface area contributed by atoms with Gasteiger partial charge in [-0.05, 0) is 31.5 Å². The van der Waals surface area contributed by atoms with E-state index in [1.54, 1.807) is 27.9 Å². The molecule has 2 heterocycles. The van der Waals surface area contributed by atoms with Crippen LogP contribution in [0.1, 0.15) is 43.3 Å². The van der Waals surface area contributed by atoms with Crippen LogP contribution in [-0.2, 0) is 27.5 Å². The lowest BCUT2D eigenvalue weighted by atomic mass is 9.91. The maximum atomic E-state index is 12.8. The van der Waals surface area contributed by atoms with E-state index in [0.717, 1.165) is 5.56 Å². The number of benzene rings is 1. The van der Waals surface area contributed by atoms with E-state index in [-0.39, 0.29) is 31.3 Å². The fourth-order valence-electron chi connectivity index (χ4n) is 3.28. The van der Waals surface area contributed by atoms with Crippen molar-refractivity contribution in [1.29, 1.82) is 0 Å². The molecule has 3 rings (SSSR count). The fourth-order valence-corrected chi connectivity index (χ4v) is 3.28. The molecular weight excluding hydrogens is 422 g/mol. The minimum Gasteiger partial charge on any atom is -0.443 e. The van der Waals surface area contributed by atoms with Crippen molar-refractivity contribution in [1.82, 2.24) is 19.5 Å². The Morgan fingerprint density at radius 3 is 2.45 bits per heavy atom. The highest BCUT2D eigenvalue weighted by atomic mass is 16.6. The minimum atomic E-state index is -0.984. The van der Waals surface area contributed by atoms with Gasteiger partial charge in [0.25, 0.3) is 0 Å². The molecule has 2 N–H and O–H groups in total. The van der Waals surface area contributed by atoms with Crippen molar-refractivity contribution in [3.63, 3.8) is 0 Å². The number of amides is 1. The van der Waals surface area contributed by atoms with Crippen LogP contribution in [0.5, 0.6) is 0 Å². The molecular formula is C24H31N5O4. The Hall–Kier alpha value is -3.30. The summed E-state index contributed by atoms with van der Waals surface area (Å²) in [5.41, 5.74) is 7.39. The molecule has 0 bridgehead atoms. The molecule has 0 aliphatic heterocycles. The number of carbonyl (C=O) groups excluding carboxylic acids is 2.